The van der Waals surface area contributed by atoms with Crippen molar-refractivity contribution in [3.8, 4) is 5.69 Å². The summed E-state index contributed by atoms with van der Waals surface area (Å²) >= 11 is 18.7. The number of hydrogen-bond acceptors (Lipinski definition) is 5. The van der Waals surface area contributed by atoms with Gasteiger partial charge in [0.15, 0.2) is 10.9 Å². The number of fused-ring (bicyclic) bond motifs is 1. The molecule has 0 bridgehead atoms. The maximum atomic E-state index is 13.5. The highest BCUT2D eigenvalue weighted by molar-refractivity contribution is 6.35. The Kier molecular flexibility index (Phi) is 6.97. The van der Waals surface area contributed by atoms with Crippen molar-refractivity contribution >= 4 is 52.4 Å². The molecule has 184 valence electrons. The fourth-order valence-electron chi connectivity index (χ4n) is 4.76. The summed E-state index contributed by atoms with van der Waals surface area (Å²) < 4.78 is 13.1. The average molecular weight is 536 g/mol. The molecule has 2 aromatic heterocycles. The van der Waals surface area contributed by atoms with E-state index in [1.165, 1.54) is 0 Å². The number of piperidine rings is 1. The molecule has 1 saturated heterocycles. The Hall–Kier alpha value is -2.29. The van der Waals surface area contributed by atoms with Crippen LogP contribution in [0.5, 0.6) is 0 Å². The predicted octanol–water partition coefficient (Wildman–Crippen LogP) is 6.40. The van der Waals surface area contributed by atoms with Crippen LogP contribution in [0.1, 0.15) is 60.6 Å². The second-order valence-electron chi connectivity index (χ2n) is 8.96. The van der Waals surface area contributed by atoms with Gasteiger partial charge in [-0.15, -0.1) is 0 Å². The number of ether oxygens (including phenoxy) is 1. The molecule has 5 rings (SSSR count). The van der Waals surface area contributed by atoms with E-state index in [0.717, 1.165) is 30.5 Å². The zero-order chi connectivity index (χ0) is 24.7. The van der Waals surface area contributed by atoms with Crippen LogP contribution in [0.15, 0.2) is 34.7 Å². The highest BCUT2D eigenvalue weighted by Gasteiger charge is 2.32. The number of amides is 1. The molecule has 0 aliphatic carbocycles. The van der Waals surface area contributed by atoms with E-state index in [1.54, 1.807) is 35.0 Å². The Labute approximate surface area is 218 Å². The summed E-state index contributed by atoms with van der Waals surface area (Å²) in [6.45, 7) is 4.79. The number of rotatable bonds is 4. The molecule has 0 radical (unpaired) electrons. The lowest BCUT2D eigenvalue weighted by atomic mass is 9.99. The third-order valence-electron chi connectivity index (χ3n) is 6.48. The lowest BCUT2D eigenvalue weighted by Crippen LogP contribution is -2.54. The van der Waals surface area contributed by atoms with E-state index < -0.39 is 0 Å². The van der Waals surface area contributed by atoms with Crippen LogP contribution in [0.4, 0.5) is 0 Å². The topological polar surface area (TPSA) is 72.5 Å². The number of carbonyl (C=O) groups is 1. The van der Waals surface area contributed by atoms with Gasteiger partial charge in [-0.2, -0.15) is 5.10 Å². The monoisotopic (exact) mass is 534 g/mol. The van der Waals surface area contributed by atoms with Crippen LogP contribution in [-0.2, 0) is 11.3 Å². The lowest BCUT2D eigenvalue weighted by Gasteiger charge is -2.38. The van der Waals surface area contributed by atoms with E-state index in [1.807, 2.05) is 11.1 Å². The van der Waals surface area contributed by atoms with Gasteiger partial charge in [-0.1, -0.05) is 29.6 Å². The average Bonchev–Trinajstić information content (AvgIpc) is 3.40. The van der Waals surface area contributed by atoms with Crippen molar-refractivity contribution < 1.29 is 13.9 Å². The summed E-state index contributed by atoms with van der Waals surface area (Å²) in [4.78, 5) is 13.5. The zero-order valence-electron chi connectivity index (χ0n) is 19.4. The second kappa shape index (κ2) is 9.99. The van der Waals surface area contributed by atoms with Crippen molar-refractivity contribution in [2.75, 3.05) is 6.61 Å². The van der Waals surface area contributed by atoms with Crippen LogP contribution in [-0.4, -0.2) is 39.4 Å². The van der Waals surface area contributed by atoms with Gasteiger partial charge in [0.1, 0.15) is 5.76 Å². The summed E-state index contributed by atoms with van der Waals surface area (Å²) in [6.07, 6.45) is 5.04. The Morgan fingerprint density at radius 3 is 2.57 bits per heavy atom. The van der Waals surface area contributed by atoms with E-state index >= 15 is 0 Å². The maximum Gasteiger partial charge on any atom is 0.286 e. The Morgan fingerprint density at radius 2 is 1.89 bits per heavy atom. The van der Waals surface area contributed by atoms with Crippen molar-refractivity contribution in [2.24, 2.45) is 0 Å². The molecule has 2 unspecified atom stereocenters. The highest BCUT2D eigenvalue weighted by atomic mass is 35.5. The van der Waals surface area contributed by atoms with Crippen LogP contribution >= 0.6 is 34.8 Å². The molecule has 2 aliphatic heterocycles. The number of hydrazine groups is 1. The van der Waals surface area contributed by atoms with Crippen LogP contribution in [0, 0.1) is 0 Å². The molecule has 4 heterocycles. The third kappa shape index (κ3) is 4.88. The number of hydrogen-bond donors (Lipinski definition) is 1. The van der Waals surface area contributed by atoms with Gasteiger partial charge in [-0.05, 0) is 74.7 Å². The van der Waals surface area contributed by atoms with Gasteiger partial charge in [-0.25, -0.2) is 9.69 Å². The number of nitrogens with one attached hydrogen (secondary N) is 1. The minimum Gasteiger partial charge on any atom is -0.445 e. The number of benzene rings is 1. The summed E-state index contributed by atoms with van der Waals surface area (Å²) in [5.74, 6) is 0.287. The van der Waals surface area contributed by atoms with Gasteiger partial charge in [0.05, 0.1) is 29.6 Å². The van der Waals surface area contributed by atoms with Crippen LogP contribution in [0.3, 0.4) is 0 Å². The molecule has 1 N–H and O–H groups in total. The first-order chi connectivity index (χ1) is 16.8. The van der Waals surface area contributed by atoms with Gasteiger partial charge in [0, 0.05) is 28.2 Å². The minimum atomic E-state index is -0.281. The number of carbonyl (C=O) groups excluding carboxylic acids is 1. The lowest BCUT2D eigenvalue weighted by molar-refractivity contribution is 0.0363. The van der Waals surface area contributed by atoms with Crippen molar-refractivity contribution in [1.29, 1.82) is 0 Å². The Balaban J connectivity index is 1.61. The summed E-state index contributed by atoms with van der Waals surface area (Å²) in [5.41, 5.74) is 6.20. The number of nitrogens with zero attached hydrogens (tertiary/aromatic N) is 3. The molecule has 7 nitrogen and oxygen atoms in total. The SMILES string of the molecule is CC1CCCC(C)N1NC(=O)c1nn(-c2ccc(Cl)cc2Cl)c2c1COCC2=Cc1ccc(Cl)o1. The van der Waals surface area contributed by atoms with Crippen molar-refractivity contribution in [3.05, 3.63) is 68.3 Å². The molecular formula is C25H25Cl3N4O3. The molecule has 3 aromatic rings. The van der Waals surface area contributed by atoms with E-state index in [-0.39, 0.29) is 29.8 Å². The first-order valence-electron chi connectivity index (χ1n) is 11.5. The first kappa shape index (κ1) is 24.4. The van der Waals surface area contributed by atoms with Gasteiger partial charge >= 0.3 is 0 Å². The smallest absolute Gasteiger partial charge is 0.286 e. The van der Waals surface area contributed by atoms with Crippen LogP contribution in [0.25, 0.3) is 17.3 Å². The molecule has 1 aromatic carbocycles. The molecular weight excluding hydrogens is 511 g/mol. The third-order valence-corrected chi connectivity index (χ3v) is 7.22. The van der Waals surface area contributed by atoms with Crippen molar-refractivity contribution in [3.63, 3.8) is 0 Å². The molecule has 0 saturated carbocycles. The predicted molar refractivity (Wildman–Crippen MR) is 137 cm³/mol. The highest BCUT2D eigenvalue weighted by Crippen LogP contribution is 2.35. The Morgan fingerprint density at radius 1 is 1.11 bits per heavy atom. The normalized spacial score (nSPS) is 21.8. The summed E-state index contributed by atoms with van der Waals surface area (Å²) in [6, 6.07) is 9.09. The first-order valence-corrected chi connectivity index (χ1v) is 12.7. The van der Waals surface area contributed by atoms with E-state index in [4.69, 9.17) is 49.1 Å². The molecule has 0 spiro atoms. The molecule has 2 aliphatic rings. The van der Waals surface area contributed by atoms with Gasteiger partial charge < -0.3 is 9.15 Å². The number of furan rings is 1. The van der Waals surface area contributed by atoms with E-state index in [2.05, 4.69) is 19.3 Å². The van der Waals surface area contributed by atoms with Crippen LogP contribution in [0.2, 0.25) is 15.3 Å². The number of halogens is 3. The maximum absolute atomic E-state index is 13.5. The molecule has 1 fully saturated rings. The Bertz CT molecular complexity index is 1290. The second-order valence-corrected chi connectivity index (χ2v) is 10.2. The summed E-state index contributed by atoms with van der Waals surface area (Å²) in [5, 5.41) is 7.97. The van der Waals surface area contributed by atoms with Gasteiger partial charge in [0.25, 0.3) is 5.91 Å². The standard InChI is InChI=1S/C25H25Cl3N4O3/c1-14-4-3-5-15(2)31(14)30-25(33)23-19-13-34-12-16(10-18-7-9-22(28)35-18)24(19)32(29-23)21-8-6-17(26)11-20(21)27/h6-11,14-15H,3-5,12-13H2,1-2H3,(H,30,33). The quantitative estimate of drug-likeness (QED) is 0.418. The van der Waals surface area contributed by atoms with Gasteiger partial charge in [0.2, 0.25) is 0 Å². The number of aromatic nitrogens is 2. The largest absolute Gasteiger partial charge is 0.445 e. The van der Waals surface area contributed by atoms with E-state index in [0.29, 0.717) is 39.4 Å². The van der Waals surface area contributed by atoms with Gasteiger partial charge in [-0.3, -0.25) is 10.2 Å². The molecule has 1 amide bonds. The van der Waals surface area contributed by atoms with Crippen LogP contribution < -0.4 is 5.43 Å². The molecule has 35 heavy (non-hydrogen) atoms. The van der Waals surface area contributed by atoms with E-state index in [9.17, 15) is 4.79 Å². The fraction of sp³-hybridized carbons (Fsp3) is 0.360. The van der Waals surface area contributed by atoms with Crippen molar-refractivity contribution in [2.45, 2.75) is 51.8 Å². The van der Waals surface area contributed by atoms with Crippen molar-refractivity contribution in [1.82, 2.24) is 20.2 Å². The molecule has 10 heteroatoms. The molecule has 2 atom stereocenters. The zero-order valence-corrected chi connectivity index (χ0v) is 21.6. The fourth-order valence-corrected chi connectivity index (χ4v) is 5.40. The summed E-state index contributed by atoms with van der Waals surface area (Å²) in [7, 11) is 0. The minimum absolute atomic E-state index is 0.238.